The van der Waals surface area contributed by atoms with Gasteiger partial charge >= 0.3 is 6.18 Å². The maximum absolute atomic E-state index is 12.9. The molecule has 1 aromatic rings. The van der Waals surface area contributed by atoms with Crippen LogP contribution in [0.5, 0.6) is 0 Å². The largest absolute Gasteiger partial charge is 0.417 e. The molecule has 0 spiro atoms. The quantitative estimate of drug-likeness (QED) is 0.924. The number of alkyl halides is 3. The van der Waals surface area contributed by atoms with E-state index in [2.05, 4.69) is 0 Å². The number of carbonyl (C=O) groups is 1. The van der Waals surface area contributed by atoms with Gasteiger partial charge in [0.2, 0.25) is 5.91 Å². The van der Waals surface area contributed by atoms with E-state index in [9.17, 15) is 23.1 Å². The van der Waals surface area contributed by atoms with Gasteiger partial charge in [0, 0.05) is 13.1 Å². The molecule has 0 aromatic heterocycles. The SMILES string of the molecule is C[C@@H](C(=O)N1CCC([C@@](C)(O)C(F)(F)F)CC1)c1ccccc1. The predicted molar refractivity (Wildman–Crippen MR) is 80.8 cm³/mol. The second-order valence-corrected chi connectivity index (χ2v) is 6.38. The number of amides is 1. The van der Waals surface area contributed by atoms with Gasteiger partial charge < -0.3 is 10.0 Å². The third kappa shape index (κ3) is 3.68. The van der Waals surface area contributed by atoms with Crippen LogP contribution in [0, 0.1) is 5.92 Å². The minimum Gasteiger partial charge on any atom is -0.380 e. The highest BCUT2D eigenvalue weighted by Crippen LogP contribution is 2.40. The Labute approximate surface area is 134 Å². The highest BCUT2D eigenvalue weighted by atomic mass is 19.4. The fraction of sp³-hybridized carbons (Fsp3) is 0.588. The molecule has 1 amide bonds. The van der Waals surface area contributed by atoms with Crippen molar-refractivity contribution in [1.82, 2.24) is 4.90 Å². The number of piperidine rings is 1. The number of hydrogen-bond acceptors (Lipinski definition) is 2. The van der Waals surface area contributed by atoms with Crippen molar-refractivity contribution in [2.45, 2.75) is 44.4 Å². The lowest BCUT2D eigenvalue weighted by Gasteiger charge is -2.40. The summed E-state index contributed by atoms with van der Waals surface area (Å²) in [6, 6.07) is 9.30. The average molecular weight is 329 g/mol. The van der Waals surface area contributed by atoms with Crippen molar-refractivity contribution in [1.29, 1.82) is 0 Å². The molecule has 1 heterocycles. The molecule has 128 valence electrons. The molecule has 1 saturated heterocycles. The molecule has 2 atom stereocenters. The maximum atomic E-state index is 12.9. The molecule has 0 bridgehead atoms. The number of aliphatic hydroxyl groups is 1. The first-order valence-electron chi connectivity index (χ1n) is 7.77. The molecule has 0 saturated carbocycles. The van der Waals surface area contributed by atoms with Crippen LogP contribution in [0.15, 0.2) is 30.3 Å². The Morgan fingerprint density at radius 1 is 1.22 bits per heavy atom. The molecule has 3 nitrogen and oxygen atoms in total. The summed E-state index contributed by atoms with van der Waals surface area (Å²) in [7, 11) is 0. The zero-order valence-corrected chi connectivity index (χ0v) is 13.3. The Balaban J connectivity index is 1.98. The molecule has 1 fully saturated rings. The van der Waals surface area contributed by atoms with E-state index in [-0.39, 0.29) is 37.8 Å². The molecule has 0 aliphatic carbocycles. The van der Waals surface area contributed by atoms with Crippen molar-refractivity contribution in [3.05, 3.63) is 35.9 Å². The second kappa shape index (κ2) is 6.51. The van der Waals surface area contributed by atoms with Gasteiger partial charge in [-0.05, 0) is 38.2 Å². The summed E-state index contributed by atoms with van der Waals surface area (Å²) < 4.78 is 38.7. The van der Waals surface area contributed by atoms with Gasteiger partial charge in [0.05, 0.1) is 5.92 Å². The van der Waals surface area contributed by atoms with E-state index in [1.54, 1.807) is 11.8 Å². The van der Waals surface area contributed by atoms with Crippen molar-refractivity contribution in [3.63, 3.8) is 0 Å². The van der Waals surface area contributed by atoms with E-state index in [1.165, 1.54) is 0 Å². The number of nitrogens with zero attached hydrogens (tertiary/aromatic N) is 1. The molecule has 1 aromatic carbocycles. The number of likely N-dealkylation sites (tertiary alicyclic amines) is 1. The van der Waals surface area contributed by atoms with Crippen LogP contribution in [0.3, 0.4) is 0 Å². The standard InChI is InChI=1S/C17H22F3NO2/c1-12(13-6-4-3-5-7-13)15(22)21-10-8-14(9-11-21)16(2,23)17(18,19)20/h3-7,12,14,23H,8-11H2,1-2H3/t12-,16-/m1/s1. The molecule has 6 heteroatoms. The lowest BCUT2D eigenvalue weighted by atomic mass is 9.81. The Morgan fingerprint density at radius 3 is 2.22 bits per heavy atom. The lowest BCUT2D eigenvalue weighted by Crippen LogP contribution is -2.53. The van der Waals surface area contributed by atoms with Crippen LogP contribution in [0.2, 0.25) is 0 Å². The molecule has 1 aliphatic heterocycles. The molecular formula is C17H22F3NO2. The summed E-state index contributed by atoms with van der Waals surface area (Å²) in [5.41, 5.74) is -1.81. The molecule has 0 unspecified atom stereocenters. The normalized spacial score (nSPS) is 20.9. The van der Waals surface area contributed by atoms with Crippen molar-refractivity contribution in [2.24, 2.45) is 5.92 Å². The summed E-state index contributed by atoms with van der Waals surface area (Å²) in [6.07, 6.45) is -4.35. The van der Waals surface area contributed by atoms with Crippen LogP contribution in [-0.2, 0) is 4.79 Å². The fourth-order valence-corrected chi connectivity index (χ4v) is 3.05. The van der Waals surface area contributed by atoms with Gasteiger partial charge in [-0.2, -0.15) is 13.2 Å². The van der Waals surface area contributed by atoms with Crippen molar-refractivity contribution >= 4 is 5.91 Å². The highest BCUT2D eigenvalue weighted by molar-refractivity contribution is 5.83. The Bertz CT molecular complexity index is 535. The Morgan fingerprint density at radius 2 is 1.74 bits per heavy atom. The monoisotopic (exact) mass is 329 g/mol. The van der Waals surface area contributed by atoms with E-state index >= 15 is 0 Å². The van der Waals surface area contributed by atoms with E-state index in [0.29, 0.717) is 0 Å². The summed E-state index contributed by atoms with van der Waals surface area (Å²) in [6.45, 7) is 3.11. The number of carbonyl (C=O) groups excluding carboxylic acids is 1. The van der Waals surface area contributed by atoms with Crippen LogP contribution in [0.4, 0.5) is 13.2 Å². The molecule has 23 heavy (non-hydrogen) atoms. The van der Waals surface area contributed by atoms with Gasteiger partial charge in [0.15, 0.2) is 5.60 Å². The molecular weight excluding hydrogens is 307 g/mol. The topological polar surface area (TPSA) is 40.5 Å². The van der Waals surface area contributed by atoms with Crippen LogP contribution in [0.25, 0.3) is 0 Å². The van der Waals surface area contributed by atoms with E-state index in [0.717, 1.165) is 12.5 Å². The number of hydrogen-bond donors (Lipinski definition) is 1. The van der Waals surface area contributed by atoms with Crippen LogP contribution < -0.4 is 0 Å². The number of rotatable bonds is 3. The maximum Gasteiger partial charge on any atom is 0.417 e. The summed E-state index contributed by atoms with van der Waals surface area (Å²) in [5, 5.41) is 9.76. The number of benzene rings is 1. The minimum atomic E-state index is -4.65. The van der Waals surface area contributed by atoms with Gasteiger partial charge in [-0.1, -0.05) is 30.3 Å². The van der Waals surface area contributed by atoms with Gasteiger partial charge in [-0.15, -0.1) is 0 Å². The third-order valence-electron chi connectivity index (χ3n) is 4.85. The first-order valence-corrected chi connectivity index (χ1v) is 7.77. The third-order valence-corrected chi connectivity index (χ3v) is 4.85. The minimum absolute atomic E-state index is 0.0821. The summed E-state index contributed by atoms with van der Waals surface area (Å²) in [4.78, 5) is 14.1. The zero-order valence-electron chi connectivity index (χ0n) is 13.3. The predicted octanol–water partition coefficient (Wildman–Crippen LogP) is 3.34. The van der Waals surface area contributed by atoms with Gasteiger partial charge in [-0.3, -0.25) is 4.79 Å². The van der Waals surface area contributed by atoms with Crippen LogP contribution in [0.1, 0.15) is 38.2 Å². The molecule has 1 N–H and O–H groups in total. The Kier molecular flexibility index (Phi) is 5.04. The first-order chi connectivity index (χ1) is 10.6. The first kappa shape index (κ1) is 17.8. The molecule has 0 radical (unpaired) electrons. The molecule has 2 rings (SSSR count). The van der Waals surface area contributed by atoms with Crippen LogP contribution in [-0.4, -0.2) is 40.8 Å². The second-order valence-electron chi connectivity index (χ2n) is 6.38. The summed E-state index contributed by atoms with van der Waals surface area (Å²) >= 11 is 0. The number of halogens is 3. The van der Waals surface area contributed by atoms with Gasteiger partial charge in [0.25, 0.3) is 0 Å². The van der Waals surface area contributed by atoms with Gasteiger partial charge in [-0.25, -0.2) is 0 Å². The fourth-order valence-electron chi connectivity index (χ4n) is 3.05. The highest BCUT2D eigenvalue weighted by Gasteiger charge is 2.55. The lowest BCUT2D eigenvalue weighted by molar-refractivity contribution is -0.275. The van der Waals surface area contributed by atoms with Crippen LogP contribution >= 0.6 is 0 Å². The van der Waals surface area contributed by atoms with Crippen molar-refractivity contribution < 1.29 is 23.1 Å². The van der Waals surface area contributed by atoms with E-state index in [4.69, 9.17) is 0 Å². The Hall–Kier alpha value is -1.56. The van der Waals surface area contributed by atoms with E-state index in [1.807, 2.05) is 30.3 Å². The molecule has 1 aliphatic rings. The zero-order chi connectivity index (χ0) is 17.3. The van der Waals surface area contributed by atoms with Crippen molar-refractivity contribution in [3.8, 4) is 0 Å². The van der Waals surface area contributed by atoms with Crippen molar-refractivity contribution in [2.75, 3.05) is 13.1 Å². The average Bonchev–Trinajstić information content (AvgIpc) is 2.53. The smallest absolute Gasteiger partial charge is 0.380 e. The summed E-state index contributed by atoms with van der Waals surface area (Å²) in [5.74, 6) is -1.28. The van der Waals surface area contributed by atoms with E-state index < -0.39 is 17.7 Å². The van der Waals surface area contributed by atoms with Gasteiger partial charge in [0.1, 0.15) is 0 Å².